The molecule has 0 aliphatic heterocycles. The normalized spacial score (nSPS) is 12.9. The van der Waals surface area contributed by atoms with Crippen molar-refractivity contribution in [2.75, 3.05) is 6.61 Å². The zero-order chi connectivity index (χ0) is 25.7. The summed E-state index contributed by atoms with van der Waals surface area (Å²) in [7, 11) is 0. The molecule has 4 nitrogen and oxygen atoms in total. The van der Waals surface area contributed by atoms with Crippen molar-refractivity contribution in [1.82, 2.24) is 0 Å². The third-order valence-electron chi connectivity index (χ3n) is 5.84. The number of unbranched alkanes of at least 4 members (excludes halogenated alkanes) is 1. The molecule has 0 fully saturated rings. The van der Waals surface area contributed by atoms with Gasteiger partial charge >= 0.3 is 11.9 Å². The second-order valence-electron chi connectivity index (χ2n) is 10.8. The van der Waals surface area contributed by atoms with Crippen LogP contribution in [0.15, 0.2) is 36.4 Å². The maximum Gasteiger partial charge on any atom is 0.343 e. The average molecular weight is 487 g/mol. The van der Waals surface area contributed by atoms with Crippen LogP contribution >= 0.6 is 11.6 Å². The predicted octanol–water partition coefficient (Wildman–Crippen LogP) is 7.99. The molecule has 0 spiro atoms. The van der Waals surface area contributed by atoms with Crippen molar-refractivity contribution in [1.29, 1.82) is 0 Å². The number of ether oxygens (including phenoxy) is 2. The summed E-state index contributed by atoms with van der Waals surface area (Å²) in [5.74, 6) is -0.872. The number of benzene rings is 2. The number of rotatable bonds is 8. The van der Waals surface area contributed by atoms with E-state index in [2.05, 4.69) is 54.5 Å². The molecule has 0 bridgehead atoms. The van der Waals surface area contributed by atoms with Crippen LogP contribution < -0.4 is 4.74 Å². The van der Waals surface area contributed by atoms with E-state index in [1.165, 1.54) is 0 Å². The molecule has 0 radical (unpaired) electrons. The number of carbonyl (C=O) groups excluding carboxylic acids is 2. The first-order valence-corrected chi connectivity index (χ1v) is 12.5. The summed E-state index contributed by atoms with van der Waals surface area (Å²) >= 11 is 6.11. The van der Waals surface area contributed by atoms with Crippen molar-refractivity contribution >= 4 is 23.5 Å². The van der Waals surface area contributed by atoms with Crippen molar-refractivity contribution in [2.45, 2.75) is 91.4 Å². The van der Waals surface area contributed by atoms with E-state index in [0.717, 1.165) is 24.0 Å². The highest BCUT2D eigenvalue weighted by Gasteiger charge is 2.33. The van der Waals surface area contributed by atoms with Gasteiger partial charge in [-0.15, -0.1) is 0 Å². The Morgan fingerprint density at radius 2 is 1.65 bits per heavy atom. The number of hydrogen-bond donors (Lipinski definition) is 0. The minimum absolute atomic E-state index is 0.159. The van der Waals surface area contributed by atoms with Gasteiger partial charge in [-0.25, -0.2) is 4.79 Å². The predicted molar refractivity (Wildman–Crippen MR) is 139 cm³/mol. The summed E-state index contributed by atoms with van der Waals surface area (Å²) in [6.45, 7) is 16.9. The summed E-state index contributed by atoms with van der Waals surface area (Å²) in [5.41, 5.74) is 2.55. The van der Waals surface area contributed by atoms with Crippen molar-refractivity contribution in [3.05, 3.63) is 63.7 Å². The van der Waals surface area contributed by atoms with Crippen LogP contribution in [0.4, 0.5) is 0 Å². The third-order valence-corrected chi connectivity index (χ3v) is 6.07. The highest BCUT2D eigenvalue weighted by molar-refractivity contribution is 6.30. The lowest BCUT2D eigenvalue weighted by atomic mass is 9.76. The topological polar surface area (TPSA) is 52.6 Å². The van der Waals surface area contributed by atoms with Gasteiger partial charge in [0.2, 0.25) is 0 Å². The lowest BCUT2D eigenvalue weighted by Crippen LogP contribution is -2.24. The van der Waals surface area contributed by atoms with Gasteiger partial charge in [0.05, 0.1) is 18.1 Å². The van der Waals surface area contributed by atoms with Crippen molar-refractivity contribution < 1.29 is 19.1 Å². The van der Waals surface area contributed by atoms with Gasteiger partial charge in [0.15, 0.2) is 0 Å². The van der Waals surface area contributed by atoms with Gasteiger partial charge in [-0.05, 0) is 47.9 Å². The van der Waals surface area contributed by atoms with E-state index in [9.17, 15) is 9.59 Å². The van der Waals surface area contributed by atoms with Crippen LogP contribution in [0.5, 0.6) is 5.75 Å². The summed E-state index contributed by atoms with van der Waals surface area (Å²) in [4.78, 5) is 26.4. The van der Waals surface area contributed by atoms with Gasteiger partial charge in [-0.2, -0.15) is 0 Å². The maximum atomic E-state index is 13.2. The van der Waals surface area contributed by atoms with E-state index in [1.54, 1.807) is 31.2 Å². The van der Waals surface area contributed by atoms with Crippen LogP contribution in [-0.2, 0) is 20.4 Å². The maximum absolute atomic E-state index is 13.2. The molecule has 0 saturated heterocycles. The molecule has 0 aliphatic rings. The Morgan fingerprint density at radius 3 is 2.18 bits per heavy atom. The summed E-state index contributed by atoms with van der Waals surface area (Å²) < 4.78 is 11.6. The molecule has 0 amide bonds. The molecule has 0 N–H and O–H groups in total. The fourth-order valence-electron chi connectivity index (χ4n) is 3.83. The smallest absolute Gasteiger partial charge is 0.343 e. The van der Waals surface area contributed by atoms with Crippen LogP contribution in [0.2, 0.25) is 5.02 Å². The number of carbonyl (C=O) groups is 2. The Balaban J connectivity index is 2.79. The lowest BCUT2D eigenvalue weighted by Gasteiger charge is -2.30. The molecule has 2 aromatic carbocycles. The standard InChI is InChI=1S/C29H39ClO4/c1-9-11-15-22(27(32)33-10-2)23-17-20(28(3,4)5)18-24(29(6,7)8)25(23)34-26(31)19-13-12-14-21(30)16-19/h12-14,16-18,22H,9-11,15H2,1-8H3. The molecule has 0 heterocycles. The first kappa shape index (κ1) is 27.9. The molecule has 0 saturated carbocycles. The van der Waals surface area contributed by atoms with Gasteiger partial charge in [-0.3, -0.25) is 4.79 Å². The van der Waals surface area contributed by atoms with E-state index >= 15 is 0 Å². The Bertz CT molecular complexity index is 1010. The van der Waals surface area contributed by atoms with Gasteiger partial charge in [0.1, 0.15) is 5.75 Å². The van der Waals surface area contributed by atoms with Gasteiger partial charge in [0, 0.05) is 16.1 Å². The Morgan fingerprint density at radius 1 is 0.971 bits per heavy atom. The second kappa shape index (κ2) is 11.4. The third kappa shape index (κ3) is 7.09. The molecule has 0 aliphatic carbocycles. The molecule has 0 aromatic heterocycles. The van der Waals surface area contributed by atoms with Crippen LogP contribution in [0.1, 0.15) is 108 Å². The van der Waals surface area contributed by atoms with Crippen LogP contribution in [0, 0.1) is 0 Å². The largest absolute Gasteiger partial charge is 0.466 e. The van der Waals surface area contributed by atoms with Crippen molar-refractivity contribution in [2.24, 2.45) is 0 Å². The van der Waals surface area contributed by atoms with Crippen LogP contribution in [-0.4, -0.2) is 18.5 Å². The highest BCUT2D eigenvalue weighted by Crippen LogP contribution is 2.43. The molecular formula is C29H39ClO4. The summed E-state index contributed by atoms with van der Waals surface area (Å²) in [6, 6.07) is 10.8. The zero-order valence-electron chi connectivity index (χ0n) is 21.9. The average Bonchev–Trinajstić information content (AvgIpc) is 2.73. The Hall–Kier alpha value is -2.33. The molecule has 186 valence electrons. The molecule has 1 atom stereocenters. The van der Waals surface area contributed by atoms with E-state index in [4.69, 9.17) is 21.1 Å². The SMILES string of the molecule is CCCCC(C(=O)OCC)c1cc(C(C)(C)C)cc(C(C)(C)C)c1OC(=O)c1cccc(Cl)c1. The van der Waals surface area contributed by atoms with Crippen molar-refractivity contribution in [3.8, 4) is 5.75 Å². The van der Waals surface area contributed by atoms with Gasteiger partial charge in [-0.1, -0.05) is 91.1 Å². The number of esters is 2. The minimum Gasteiger partial charge on any atom is -0.466 e. The molecule has 2 aromatic rings. The molecule has 5 heteroatoms. The molecule has 34 heavy (non-hydrogen) atoms. The number of halogens is 1. The van der Waals surface area contributed by atoms with E-state index in [-0.39, 0.29) is 16.8 Å². The Labute approximate surface area is 210 Å². The first-order chi connectivity index (χ1) is 15.8. The highest BCUT2D eigenvalue weighted by atomic mass is 35.5. The monoisotopic (exact) mass is 486 g/mol. The van der Waals surface area contributed by atoms with Gasteiger partial charge < -0.3 is 9.47 Å². The quantitative estimate of drug-likeness (QED) is 0.280. The zero-order valence-corrected chi connectivity index (χ0v) is 22.6. The van der Waals surface area contributed by atoms with E-state index in [1.807, 2.05) is 6.07 Å². The fraction of sp³-hybridized carbons (Fsp3) is 0.517. The number of hydrogen-bond acceptors (Lipinski definition) is 4. The molecule has 1 unspecified atom stereocenters. The van der Waals surface area contributed by atoms with E-state index in [0.29, 0.717) is 34.9 Å². The van der Waals surface area contributed by atoms with Gasteiger partial charge in [0.25, 0.3) is 0 Å². The minimum atomic E-state index is -0.523. The molecular weight excluding hydrogens is 448 g/mol. The first-order valence-electron chi connectivity index (χ1n) is 12.1. The van der Waals surface area contributed by atoms with Crippen LogP contribution in [0.3, 0.4) is 0 Å². The lowest BCUT2D eigenvalue weighted by molar-refractivity contribution is -0.145. The second-order valence-corrected chi connectivity index (χ2v) is 11.2. The summed E-state index contributed by atoms with van der Waals surface area (Å²) in [6.07, 6.45) is 2.42. The summed E-state index contributed by atoms with van der Waals surface area (Å²) in [5, 5.41) is 0.459. The van der Waals surface area contributed by atoms with E-state index < -0.39 is 11.9 Å². The van der Waals surface area contributed by atoms with Crippen LogP contribution in [0.25, 0.3) is 0 Å². The fourth-order valence-corrected chi connectivity index (χ4v) is 4.02. The molecule has 2 rings (SSSR count). The Kier molecular flexibility index (Phi) is 9.36. The van der Waals surface area contributed by atoms with Crippen molar-refractivity contribution in [3.63, 3.8) is 0 Å².